The number of hydrogen-bond acceptors (Lipinski definition) is 6. The van der Waals surface area contributed by atoms with Crippen molar-refractivity contribution in [2.75, 3.05) is 12.8 Å². The number of nitrogen functional groups attached to an aromatic ring is 1. The van der Waals surface area contributed by atoms with E-state index in [1.54, 1.807) is 24.0 Å². The molecule has 0 bridgehead atoms. The van der Waals surface area contributed by atoms with Gasteiger partial charge in [0.05, 0.1) is 34.2 Å². The molecule has 2 aromatic carbocycles. The SMILES string of the molecule is CN/C=C(\C=N)c1ccc2cc(C(=O)c3cnn(-c4ccc5[nH]c(C6CC6)nc5c4)c3N)[nH]c2c1. The lowest BCUT2D eigenvalue weighted by molar-refractivity contribution is 0.103. The van der Waals surface area contributed by atoms with E-state index >= 15 is 0 Å². The number of benzene rings is 2. The van der Waals surface area contributed by atoms with Gasteiger partial charge in [0.2, 0.25) is 5.78 Å². The summed E-state index contributed by atoms with van der Waals surface area (Å²) in [5.41, 5.74) is 12.1. The van der Waals surface area contributed by atoms with Gasteiger partial charge < -0.3 is 26.4 Å². The Labute approximate surface area is 200 Å². The summed E-state index contributed by atoms with van der Waals surface area (Å²) in [6.07, 6.45) is 6.90. The number of nitrogens with zero attached hydrogens (tertiary/aromatic N) is 3. The Kier molecular flexibility index (Phi) is 4.77. The number of aromatic nitrogens is 5. The lowest BCUT2D eigenvalue weighted by atomic mass is 10.1. The Bertz CT molecular complexity index is 1650. The standard InChI is InChI=1S/C26H24N8O/c1-29-12-17(11-27)15-4-5-16-9-23(31-21(16)8-15)24(35)19-13-30-34(25(19)28)18-6-7-20-22(10-18)33-26(32-20)14-2-3-14/h4-14,27,29,31H,2-3,28H2,1H3,(H,32,33)/b17-12+,27-11?. The molecule has 0 aliphatic heterocycles. The topological polar surface area (TPSA) is 141 Å². The first kappa shape index (κ1) is 20.9. The zero-order valence-electron chi connectivity index (χ0n) is 19.1. The average Bonchev–Trinajstić information content (AvgIpc) is 3.31. The monoisotopic (exact) mass is 464 g/mol. The predicted molar refractivity (Wildman–Crippen MR) is 137 cm³/mol. The van der Waals surface area contributed by atoms with Crippen LogP contribution < -0.4 is 11.1 Å². The van der Waals surface area contributed by atoms with Crippen LogP contribution in [0.15, 0.2) is 54.9 Å². The number of H-pyrrole nitrogens is 2. The van der Waals surface area contributed by atoms with E-state index in [4.69, 9.17) is 16.1 Å². The fourth-order valence-electron chi connectivity index (χ4n) is 4.37. The van der Waals surface area contributed by atoms with Crippen LogP contribution in [0.1, 0.15) is 46.2 Å². The van der Waals surface area contributed by atoms with Crippen LogP contribution in [0.5, 0.6) is 0 Å². The van der Waals surface area contributed by atoms with Gasteiger partial charge in [0.15, 0.2) is 0 Å². The highest BCUT2D eigenvalue weighted by Gasteiger charge is 2.27. The van der Waals surface area contributed by atoms with Crippen molar-refractivity contribution in [3.05, 3.63) is 77.5 Å². The first-order chi connectivity index (χ1) is 17.1. The minimum Gasteiger partial charge on any atom is -0.393 e. The number of carbonyl (C=O) groups is 1. The zero-order valence-corrected chi connectivity index (χ0v) is 19.1. The van der Waals surface area contributed by atoms with E-state index in [9.17, 15) is 4.79 Å². The molecular formula is C26H24N8O. The van der Waals surface area contributed by atoms with Crippen LogP contribution in [0.3, 0.4) is 0 Å². The Balaban J connectivity index is 1.32. The summed E-state index contributed by atoms with van der Waals surface area (Å²) in [5.74, 6) is 1.60. The van der Waals surface area contributed by atoms with Crippen LogP contribution in [0.25, 0.3) is 33.2 Å². The third-order valence-electron chi connectivity index (χ3n) is 6.40. The smallest absolute Gasteiger partial charge is 0.214 e. The Morgan fingerprint density at radius 3 is 2.80 bits per heavy atom. The molecule has 174 valence electrons. The predicted octanol–water partition coefficient (Wildman–Crippen LogP) is 4.13. The Morgan fingerprint density at radius 2 is 2.03 bits per heavy atom. The molecular weight excluding hydrogens is 440 g/mol. The number of carbonyl (C=O) groups excluding carboxylic acids is 1. The fourth-order valence-corrected chi connectivity index (χ4v) is 4.37. The van der Waals surface area contributed by atoms with E-state index in [0.29, 0.717) is 17.2 Å². The minimum absolute atomic E-state index is 0.235. The highest BCUT2D eigenvalue weighted by molar-refractivity contribution is 6.13. The number of hydrogen-bond donors (Lipinski definition) is 5. The highest BCUT2D eigenvalue weighted by Crippen LogP contribution is 2.39. The van der Waals surface area contributed by atoms with Crippen molar-refractivity contribution in [2.24, 2.45) is 0 Å². The molecule has 1 aliphatic rings. The van der Waals surface area contributed by atoms with Crippen molar-refractivity contribution >= 4 is 45.3 Å². The second-order valence-electron chi connectivity index (χ2n) is 8.80. The number of rotatable bonds is 7. The third-order valence-corrected chi connectivity index (χ3v) is 6.40. The van der Waals surface area contributed by atoms with Crippen LogP contribution >= 0.6 is 0 Å². The van der Waals surface area contributed by atoms with Gasteiger partial charge in [-0.1, -0.05) is 12.1 Å². The number of anilines is 1. The van der Waals surface area contributed by atoms with Crippen LogP contribution in [0, 0.1) is 5.41 Å². The van der Waals surface area contributed by atoms with Gasteiger partial charge in [0.25, 0.3) is 0 Å². The molecule has 9 heteroatoms. The lowest BCUT2D eigenvalue weighted by Gasteiger charge is -2.05. The number of fused-ring (bicyclic) bond motifs is 2. The van der Waals surface area contributed by atoms with Gasteiger partial charge in [0, 0.05) is 41.9 Å². The molecule has 1 saturated carbocycles. The third kappa shape index (κ3) is 3.57. The van der Waals surface area contributed by atoms with Gasteiger partial charge in [0.1, 0.15) is 11.6 Å². The summed E-state index contributed by atoms with van der Waals surface area (Å²) in [5, 5.41) is 15.9. The normalized spacial score (nSPS) is 14.0. The number of aromatic amines is 2. The molecule has 9 nitrogen and oxygen atoms in total. The molecule has 35 heavy (non-hydrogen) atoms. The lowest BCUT2D eigenvalue weighted by Crippen LogP contribution is -2.07. The molecule has 0 spiro atoms. The average molecular weight is 465 g/mol. The number of nitrogens with one attached hydrogen (secondary N) is 4. The molecule has 5 aromatic rings. The molecule has 0 atom stereocenters. The second-order valence-corrected chi connectivity index (χ2v) is 8.80. The molecule has 0 amide bonds. The number of ketones is 1. The summed E-state index contributed by atoms with van der Waals surface area (Å²) in [7, 11) is 1.79. The fraction of sp³-hybridized carbons (Fsp3) is 0.154. The number of allylic oxidation sites excluding steroid dienone is 1. The first-order valence-electron chi connectivity index (χ1n) is 11.4. The van der Waals surface area contributed by atoms with Gasteiger partial charge >= 0.3 is 0 Å². The van der Waals surface area contributed by atoms with E-state index in [2.05, 4.69) is 20.4 Å². The molecule has 1 aliphatic carbocycles. The van der Waals surface area contributed by atoms with Crippen molar-refractivity contribution < 1.29 is 4.79 Å². The summed E-state index contributed by atoms with van der Waals surface area (Å²) in [4.78, 5) is 24.6. The largest absolute Gasteiger partial charge is 0.393 e. The summed E-state index contributed by atoms with van der Waals surface area (Å²) in [6.45, 7) is 0. The van der Waals surface area contributed by atoms with Gasteiger partial charge in [-0.25, -0.2) is 9.67 Å². The quantitative estimate of drug-likeness (QED) is 0.182. The molecule has 3 heterocycles. The zero-order chi connectivity index (χ0) is 24.1. The van der Waals surface area contributed by atoms with E-state index in [0.717, 1.165) is 44.6 Å². The second kappa shape index (κ2) is 7.98. The van der Waals surface area contributed by atoms with Gasteiger partial charge in [-0.2, -0.15) is 5.10 Å². The maximum absolute atomic E-state index is 13.3. The van der Waals surface area contributed by atoms with E-state index in [1.807, 2.05) is 36.4 Å². The Morgan fingerprint density at radius 1 is 1.17 bits per heavy atom. The van der Waals surface area contributed by atoms with Crippen molar-refractivity contribution in [1.82, 2.24) is 30.0 Å². The van der Waals surface area contributed by atoms with Crippen molar-refractivity contribution in [1.29, 1.82) is 5.41 Å². The summed E-state index contributed by atoms with van der Waals surface area (Å²) >= 11 is 0. The van der Waals surface area contributed by atoms with Gasteiger partial charge in [-0.15, -0.1) is 0 Å². The van der Waals surface area contributed by atoms with Crippen molar-refractivity contribution in [3.8, 4) is 5.69 Å². The summed E-state index contributed by atoms with van der Waals surface area (Å²) < 4.78 is 1.57. The van der Waals surface area contributed by atoms with E-state index in [-0.39, 0.29) is 11.6 Å². The number of imidazole rings is 1. The van der Waals surface area contributed by atoms with Crippen molar-refractivity contribution in [3.63, 3.8) is 0 Å². The molecule has 0 saturated heterocycles. The minimum atomic E-state index is -0.235. The maximum atomic E-state index is 13.3. The van der Waals surface area contributed by atoms with Crippen LogP contribution in [-0.2, 0) is 0 Å². The molecule has 6 rings (SSSR count). The molecule has 0 radical (unpaired) electrons. The van der Waals surface area contributed by atoms with Crippen molar-refractivity contribution in [2.45, 2.75) is 18.8 Å². The first-order valence-corrected chi connectivity index (χ1v) is 11.4. The number of nitrogens with two attached hydrogens (primary N) is 1. The van der Waals surface area contributed by atoms with Gasteiger partial charge in [-0.05, 0) is 48.7 Å². The maximum Gasteiger partial charge on any atom is 0.214 e. The molecule has 1 fully saturated rings. The van der Waals surface area contributed by atoms with Crippen LogP contribution in [0.4, 0.5) is 5.82 Å². The van der Waals surface area contributed by atoms with E-state index in [1.165, 1.54) is 25.3 Å². The van der Waals surface area contributed by atoms with E-state index < -0.39 is 0 Å². The summed E-state index contributed by atoms with van der Waals surface area (Å²) in [6, 6.07) is 13.4. The Hall–Kier alpha value is -4.66. The molecule has 0 unspecified atom stereocenters. The van der Waals surface area contributed by atoms with Crippen LogP contribution in [0.2, 0.25) is 0 Å². The van der Waals surface area contributed by atoms with Crippen LogP contribution in [-0.4, -0.2) is 43.8 Å². The highest BCUT2D eigenvalue weighted by atomic mass is 16.1. The molecule has 6 N–H and O–H groups in total. The van der Waals surface area contributed by atoms with Gasteiger partial charge in [-0.3, -0.25) is 4.79 Å². The molecule has 3 aromatic heterocycles.